The SMILES string of the molecule is CC(C)(C)OC(=O)NCCCNc1cncc2nnnn12. The highest BCUT2D eigenvalue weighted by atomic mass is 16.6. The molecule has 1 amide bonds. The summed E-state index contributed by atoms with van der Waals surface area (Å²) in [5, 5.41) is 17.1. The molecule has 2 heterocycles. The minimum atomic E-state index is -0.482. The first kappa shape index (κ1) is 14.9. The molecule has 2 rings (SSSR count). The first-order chi connectivity index (χ1) is 9.96. The van der Waals surface area contributed by atoms with Crippen LogP contribution in [0.1, 0.15) is 27.2 Å². The van der Waals surface area contributed by atoms with Gasteiger partial charge in [0.2, 0.25) is 0 Å². The quantitative estimate of drug-likeness (QED) is 0.787. The van der Waals surface area contributed by atoms with E-state index in [0.717, 1.165) is 6.42 Å². The molecule has 0 atom stereocenters. The Bertz CT molecular complexity index is 605. The van der Waals surface area contributed by atoms with Crippen LogP contribution in [-0.4, -0.2) is 49.8 Å². The number of hydrogen-bond donors (Lipinski definition) is 2. The predicted molar refractivity (Wildman–Crippen MR) is 75.9 cm³/mol. The normalized spacial score (nSPS) is 11.4. The van der Waals surface area contributed by atoms with Gasteiger partial charge in [0.25, 0.3) is 0 Å². The molecule has 0 saturated heterocycles. The summed E-state index contributed by atoms with van der Waals surface area (Å²) in [6.07, 6.45) is 3.55. The molecule has 9 heteroatoms. The summed E-state index contributed by atoms with van der Waals surface area (Å²) in [4.78, 5) is 15.5. The Hall–Kier alpha value is -2.45. The fraction of sp³-hybridized carbons (Fsp3) is 0.583. The van der Waals surface area contributed by atoms with E-state index in [1.807, 2.05) is 20.8 Å². The number of aromatic nitrogens is 5. The third kappa shape index (κ3) is 4.55. The van der Waals surface area contributed by atoms with Crippen LogP contribution in [0.5, 0.6) is 0 Å². The van der Waals surface area contributed by atoms with E-state index in [2.05, 4.69) is 31.1 Å². The molecule has 0 radical (unpaired) electrons. The summed E-state index contributed by atoms with van der Waals surface area (Å²) in [6, 6.07) is 0. The number of amides is 1. The van der Waals surface area contributed by atoms with Crippen molar-refractivity contribution in [1.82, 2.24) is 30.3 Å². The number of rotatable bonds is 5. The third-order valence-electron chi connectivity index (χ3n) is 2.44. The van der Waals surface area contributed by atoms with Gasteiger partial charge in [-0.1, -0.05) is 0 Å². The molecule has 0 aromatic carbocycles. The Morgan fingerprint density at radius 3 is 2.90 bits per heavy atom. The molecule has 0 aliphatic rings. The smallest absolute Gasteiger partial charge is 0.407 e. The zero-order valence-electron chi connectivity index (χ0n) is 12.3. The number of carbonyl (C=O) groups is 1. The lowest BCUT2D eigenvalue weighted by atomic mass is 10.2. The van der Waals surface area contributed by atoms with Crippen LogP contribution in [0.4, 0.5) is 10.6 Å². The lowest BCUT2D eigenvalue weighted by Crippen LogP contribution is -2.33. The number of nitrogens with one attached hydrogen (secondary N) is 2. The number of alkyl carbamates (subject to hydrolysis) is 1. The minimum absolute atomic E-state index is 0.410. The van der Waals surface area contributed by atoms with Crippen LogP contribution in [0.2, 0.25) is 0 Å². The van der Waals surface area contributed by atoms with Gasteiger partial charge in [0.1, 0.15) is 11.4 Å². The first-order valence-corrected chi connectivity index (χ1v) is 6.68. The molecular weight excluding hydrogens is 274 g/mol. The summed E-state index contributed by atoms with van der Waals surface area (Å²) >= 11 is 0. The van der Waals surface area contributed by atoms with Crippen LogP contribution in [0.3, 0.4) is 0 Å². The molecule has 0 aliphatic heterocycles. The maximum atomic E-state index is 11.4. The first-order valence-electron chi connectivity index (χ1n) is 6.68. The van der Waals surface area contributed by atoms with Gasteiger partial charge in [-0.05, 0) is 37.6 Å². The highest BCUT2D eigenvalue weighted by Crippen LogP contribution is 2.07. The Labute approximate surface area is 122 Å². The number of ether oxygens (including phenoxy) is 1. The van der Waals surface area contributed by atoms with E-state index in [0.29, 0.717) is 24.6 Å². The van der Waals surface area contributed by atoms with Crippen molar-refractivity contribution in [1.29, 1.82) is 0 Å². The van der Waals surface area contributed by atoms with Crippen molar-refractivity contribution in [3.8, 4) is 0 Å². The fourth-order valence-corrected chi connectivity index (χ4v) is 1.61. The number of anilines is 1. The predicted octanol–water partition coefficient (Wildman–Crippen LogP) is 0.846. The van der Waals surface area contributed by atoms with Gasteiger partial charge in [0.15, 0.2) is 5.65 Å². The number of nitrogens with zero attached hydrogens (tertiary/aromatic N) is 5. The average molecular weight is 293 g/mol. The van der Waals surface area contributed by atoms with Gasteiger partial charge in [0, 0.05) is 13.1 Å². The topological polar surface area (TPSA) is 106 Å². The van der Waals surface area contributed by atoms with E-state index in [9.17, 15) is 4.79 Å². The standard InChI is InChI=1S/C12H19N7O2/c1-12(2,3)21-11(20)15-6-4-5-14-9-7-13-8-10-16-17-18-19(9)10/h7-8,14H,4-6H2,1-3H3,(H,15,20). The van der Waals surface area contributed by atoms with E-state index >= 15 is 0 Å². The van der Waals surface area contributed by atoms with Crippen molar-refractivity contribution in [3.63, 3.8) is 0 Å². The monoisotopic (exact) mass is 293 g/mol. The van der Waals surface area contributed by atoms with E-state index in [1.54, 1.807) is 16.9 Å². The number of carbonyl (C=O) groups excluding carboxylic acids is 1. The van der Waals surface area contributed by atoms with Gasteiger partial charge in [-0.3, -0.25) is 4.98 Å². The van der Waals surface area contributed by atoms with Crippen molar-refractivity contribution in [3.05, 3.63) is 12.4 Å². The lowest BCUT2D eigenvalue weighted by molar-refractivity contribution is 0.0528. The summed E-state index contributed by atoms with van der Waals surface area (Å²) < 4.78 is 6.70. The van der Waals surface area contributed by atoms with E-state index in [1.165, 1.54) is 0 Å². The number of fused-ring (bicyclic) bond motifs is 1. The van der Waals surface area contributed by atoms with Gasteiger partial charge in [-0.2, -0.15) is 4.52 Å². The van der Waals surface area contributed by atoms with Crippen LogP contribution < -0.4 is 10.6 Å². The molecule has 2 aromatic heterocycles. The fourth-order valence-electron chi connectivity index (χ4n) is 1.61. The molecular formula is C12H19N7O2. The van der Waals surface area contributed by atoms with Gasteiger partial charge in [0.05, 0.1) is 12.4 Å². The molecule has 0 aliphatic carbocycles. The van der Waals surface area contributed by atoms with Crippen LogP contribution in [0.15, 0.2) is 12.4 Å². The third-order valence-corrected chi connectivity index (χ3v) is 2.44. The molecule has 0 unspecified atom stereocenters. The van der Waals surface area contributed by atoms with Crippen molar-refractivity contribution >= 4 is 17.6 Å². The van der Waals surface area contributed by atoms with E-state index in [-0.39, 0.29) is 0 Å². The Kier molecular flexibility index (Phi) is 4.51. The maximum absolute atomic E-state index is 11.4. The molecule has 0 bridgehead atoms. The highest BCUT2D eigenvalue weighted by Gasteiger charge is 2.15. The van der Waals surface area contributed by atoms with Crippen molar-refractivity contribution in [2.45, 2.75) is 32.8 Å². The number of tetrazole rings is 1. The molecule has 114 valence electrons. The van der Waals surface area contributed by atoms with E-state index < -0.39 is 11.7 Å². The molecule has 0 fully saturated rings. The molecule has 0 saturated carbocycles. The largest absolute Gasteiger partial charge is 0.444 e. The zero-order valence-corrected chi connectivity index (χ0v) is 12.3. The van der Waals surface area contributed by atoms with Crippen molar-refractivity contribution in [2.75, 3.05) is 18.4 Å². The minimum Gasteiger partial charge on any atom is -0.444 e. The molecule has 9 nitrogen and oxygen atoms in total. The molecule has 2 N–H and O–H groups in total. The van der Waals surface area contributed by atoms with Gasteiger partial charge in [-0.25, -0.2) is 4.79 Å². The van der Waals surface area contributed by atoms with Crippen LogP contribution >= 0.6 is 0 Å². The highest BCUT2D eigenvalue weighted by molar-refractivity contribution is 5.67. The average Bonchev–Trinajstić information content (AvgIpc) is 2.85. The Balaban J connectivity index is 1.71. The summed E-state index contributed by atoms with van der Waals surface area (Å²) in [7, 11) is 0. The lowest BCUT2D eigenvalue weighted by Gasteiger charge is -2.19. The summed E-state index contributed by atoms with van der Waals surface area (Å²) in [5.74, 6) is 0.703. The van der Waals surface area contributed by atoms with Crippen molar-refractivity contribution in [2.24, 2.45) is 0 Å². The Morgan fingerprint density at radius 1 is 1.33 bits per heavy atom. The van der Waals surface area contributed by atoms with Gasteiger partial charge >= 0.3 is 6.09 Å². The Morgan fingerprint density at radius 2 is 2.14 bits per heavy atom. The second-order valence-corrected chi connectivity index (χ2v) is 5.45. The van der Waals surface area contributed by atoms with Crippen LogP contribution in [0, 0.1) is 0 Å². The van der Waals surface area contributed by atoms with Crippen LogP contribution in [-0.2, 0) is 4.74 Å². The summed E-state index contributed by atoms with van der Waals surface area (Å²) in [6.45, 7) is 6.65. The van der Waals surface area contributed by atoms with E-state index in [4.69, 9.17) is 4.74 Å². The van der Waals surface area contributed by atoms with Crippen molar-refractivity contribution < 1.29 is 9.53 Å². The second kappa shape index (κ2) is 6.33. The molecule has 0 spiro atoms. The van der Waals surface area contributed by atoms with Gasteiger partial charge in [-0.15, -0.1) is 5.10 Å². The maximum Gasteiger partial charge on any atom is 0.407 e. The second-order valence-electron chi connectivity index (χ2n) is 5.45. The molecule has 21 heavy (non-hydrogen) atoms. The summed E-state index contributed by atoms with van der Waals surface area (Å²) in [5.41, 5.74) is 0.0934. The van der Waals surface area contributed by atoms with Crippen LogP contribution in [0.25, 0.3) is 5.65 Å². The molecule has 2 aromatic rings. The van der Waals surface area contributed by atoms with Gasteiger partial charge < -0.3 is 15.4 Å². The zero-order chi connectivity index (χ0) is 15.3. The number of hydrogen-bond acceptors (Lipinski definition) is 7.